The number of nitro groups is 2. The summed E-state index contributed by atoms with van der Waals surface area (Å²) in [5.41, 5.74) is -0.133. The number of hydrogen-bond donors (Lipinski definition) is 1. The van der Waals surface area contributed by atoms with Crippen LogP contribution in [-0.4, -0.2) is 40.4 Å². The zero-order chi connectivity index (χ0) is 15.0. The summed E-state index contributed by atoms with van der Waals surface area (Å²) in [6.07, 6.45) is 2.19. The van der Waals surface area contributed by atoms with Gasteiger partial charge in [-0.1, -0.05) is 0 Å². The Balaban J connectivity index is 1.84. The van der Waals surface area contributed by atoms with Crippen LogP contribution in [0.25, 0.3) is 0 Å². The maximum atomic E-state index is 11.1. The summed E-state index contributed by atoms with van der Waals surface area (Å²) in [6, 6.07) is 3.93. The van der Waals surface area contributed by atoms with Gasteiger partial charge in [0.2, 0.25) is 0 Å². The highest BCUT2D eigenvalue weighted by Crippen LogP contribution is 2.34. The summed E-state index contributed by atoms with van der Waals surface area (Å²) in [6.45, 7) is 3.05. The lowest BCUT2D eigenvalue weighted by Crippen LogP contribution is -2.53. The molecule has 0 aliphatic carbocycles. The Kier molecular flexibility index (Phi) is 3.46. The van der Waals surface area contributed by atoms with Crippen LogP contribution in [0.2, 0.25) is 0 Å². The van der Waals surface area contributed by atoms with Gasteiger partial charge < -0.3 is 10.2 Å². The molecule has 0 amide bonds. The predicted octanol–water partition coefficient (Wildman–Crippen LogP) is 2.01. The largest absolute Gasteiger partial charge is 0.375 e. The molecule has 1 unspecified atom stereocenters. The molecule has 2 bridgehead atoms. The Labute approximate surface area is 121 Å². The van der Waals surface area contributed by atoms with Crippen LogP contribution in [0.15, 0.2) is 18.2 Å². The van der Waals surface area contributed by atoms with Gasteiger partial charge in [-0.2, -0.15) is 0 Å². The highest BCUT2D eigenvalue weighted by atomic mass is 16.6. The molecule has 0 aromatic heterocycles. The van der Waals surface area contributed by atoms with Crippen LogP contribution in [-0.2, 0) is 0 Å². The molecule has 1 atom stereocenters. The van der Waals surface area contributed by atoms with Crippen molar-refractivity contribution >= 4 is 17.1 Å². The van der Waals surface area contributed by atoms with E-state index in [1.807, 2.05) is 0 Å². The Hall–Kier alpha value is -2.22. The second-order valence-electron chi connectivity index (χ2n) is 5.60. The van der Waals surface area contributed by atoms with Gasteiger partial charge in [0.1, 0.15) is 5.69 Å². The van der Waals surface area contributed by atoms with Crippen molar-refractivity contribution in [3.05, 3.63) is 38.4 Å². The Morgan fingerprint density at radius 3 is 2.38 bits per heavy atom. The van der Waals surface area contributed by atoms with Crippen molar-refractivity contribution in [1.82, 2.24) is 4.90 Å². The minimum Gasteiger partial charge on any atom is -0.375 e. The predicted molar refractivity (Wildman–Crippen MR) is 76.3 cm³/mol. The van der Waals surface area contributed by atoms with Gasteiger partial charge in [-0.3, -0.25) is 20.2 Å². The molecule has 4 rings (SSSR count). The maximum absolute atomic E-state index is 11.1. The van der Waals surface area contributed by atoms with E-state index in [9.17, 15) is 20.2 Å². The van der Waals surface area contributed by atoms with Gasteiger partial charge in [-0.15, -0.1) is 0 Å². The van der Waals surface area contributed by atoms with Crippen LogP contribution in [0.3, 0.4) is 0 Å². The number of rotatable bonds is 4. The lowest BCUT2D eigenvalue weighted by molar-refractivity contribution is -0.393. The van der Waals surface area contributed by atoms with Crippen LogP contribution in [0, 0.1) is 26.1 Å². The quantitative estimate of drug-likeness (QED) is 0.672. The first-order valence-corrected chi connectivity index (χ1v) is 6.96. The van der Waals surface area contributed by atoms with E-state index in [0.717, 1.165) is 38.5 Å². The van der Waals surface area contributed by atoms with E-state index < -0.39 is 9.85 Å². The maximum Gasteiger partial charge on any atom is 0.299 e. The number of benzene rings is 1. The molecule has 0 radical (unpaired) electrons. The van der Waals surface area contributed by atoms with Crippen molar-refractivity contribution in [2.45, 2.75) is 18.9 Å². The SMILES string of the molecule is O=[N+]([O-])c1ccc(NC2CN3CCC2CC3)c([N+](=O)[O-])c1. The second kappa shape index (κ2) is 5.28. The Bertz CT molecular complexity index is 584. The number of anilines is 1. The molecule has 1 aromatic carbocycles. The summed E-state index contributed by atoms with van der Waals surface area (Å²) in [5.74, 6) is 0.518. The first-order chi connectivity index (χ1) is 10.0. The monoisotopic (exact) mass is 292 g/mol. The van der Waals surface area contributed by atoms with Crippen LogP contribution in [0.4, 0.5) is 17.1 Å². The normalized spacial score (nSPS) is 27.3. The van der Waals surface area contributed by atoms with Gasteiger partial charge in [0.05, 0.1) is 15.9 Å². The molecule has 112 valence electrons. The van der Waals surface area contributed by atoms with Gasteiger partial charge >= 0.3 is 0 Å². The Morgan fingerprint density at radius 1 is 1.14 bits per heavy atom. The van der Waals surface area contributed by atoms with Crippen molar-refractivity contribution < 1.29 is 9.85 Å². The molecule has 8 nitrogen and oxygen atoms in total. The van der Waals surface area contributed by atoms with Gasteiger partial charge in [-0.05, 0) is 37.9 Å². The van der Waals surface area contributed by atoms with Crippen LogP contribution in [0.1, 0.15) is 12.8 Å². The molecule has 3 heterocycles. The number of non-ortho nitro benzene ring substituents is 1. The fourth-order valence-corrected chi connectivity index (χ4v) is 3.24. The van der Waals surface area contributed by atoms with Gasteiger partial charge in [-0.25, -0.2) is 0 Å². The summed E-state index contributed by atoms with van der Waals surface area (Å²) in [7, 11) is 0. The summed E-state index contributed by atoms with van der Waals surface area (Å²) in [4.78, 5) is 23.0. The number of nitrogens with one attached hydrogen (secondary N) is 1. The van der Waals surface area contributed by atoms with Crippen molar-refractivity contribution in [2.75, 3.05) is 25.0 Å². The third-order valence-electron chi connectivity index (χ3n) is 4.39. The molecule has 1 aromatic rings. The van der Waals surface area contributed by atoms with Gasteiger partial charge in [0.15, 0.2) is 0 Å². The van der Waals surface area contributed by atoms with Crippen molar-refractivity contribution in [3.63, 3.8) is 0 Å². The first kappa shape index (κ1) is 13.7. The van der Waals surface area contributed by atoms with Crippen molar-refractivity contribution in [1.29, 1.82) is 0 Å². The van der Waals surface area contributed by atoms with E-state index in [-0.39, 0.29) is 17.4 Å². The third kappa shape index (κ3) is 2.66. The average molecular weight is 292 g/mol. The number of fused-ring (bicyclic) bond motifs is 3. The van der Waals surface area contributed by atoms with Crippen molar-refractivity contribution in [2.24, 2.45) is 5.92 Å². The molecule has 3 aliphatic heterocycles. The molecule has 3 saturated heterocycles. The molecule has 21 heavy (non-hydrogen) atoms. The third-order valence-corrected chi connectivity index (χ3v) is 4.39. The molecular weight excluding hydrogens is 276 g/mol. The van der Waals surface area contributed by atoms with E-state index in [0.29, 0.717) is 11.6 Å². The number of piperidine rings is 3. The standard InChI is InChI=1S/C13H16N4O4/c18-16(19)10-1-2-11(13(7-10)17(20)21)14-12-8-15-5-3-9(12)4-6-15/h1-2,7,9,12,14H,3-6,8H2. The van der Waals surface area contributed by atoms with Crippen LogP contribution < -0.4 is 5.32 Å². The van der Waals surface area contributed by atoms with E-state index in [1.165, 1.54) is 12.1 Å². The molecule has 1 N–H and O–H groups in total. The minimum atomic E-state index is -0.620. The summed E-state index contributed by atoms with van der Waals surface area (Å²) in [5, 5.41) is 25.1. The van der Waals surface area contributed by atoms with E-state index in [1.54, 1.807) is 0 Å². The first-order valence-electron chi connectivity index (χ1n) is 6.96. The zero-order valence-corrected chi connectivity index (χ0v) is 11.4. The summed E-state index contributed by atoms with van der Waals surface area (Å²) < 4.78 is 0. The van der Waals surface area contributed by atoms with Gasteiger partial charge in [0.25, 0.3) is 11.4 Å². The highest BCUT2D eigenvalue weighted by molar-refractivity contribution is 5.65. The van der Waals surface area contributed by atoms with E-state index in [4.69, 9.17) is 0 Å². The minimum absolute atomic E-state index is 0.174. The number of nitro benzene ring substituents is 2. The molecule has 0 saturated carbocycles. The average Bonchev–Trinajstić information content (AvgIpc) is 2.48. The fraction of sp³-hybridized carbons (Fsp3) is 0.538. The fourth-order valence-electron chi connectivity index (χ4n) is 3.24. The summed E-state index contributed by atoms with van der Waals surface area (Å²) >= 11 is 0. The number of hydrogen-bond acceptors (Lipinski definition) is 6. The van der Waals surface area contributed by atoms with Gasteiger partial charge in [0, 0.05) is 18.7 Å². The lowest BCUT2D eigenvalue weighted by Gasteiger charge is -2.45. The zero-order valence-electron chi connectivity index (χ0n) is 11.4. The van der Waals surface area contributed by atoms with Crippen molar-refractivity contribution in [3.8, 4) is 0 Å². The second-order valence-corrected chi connectivity index (χ2v) is 5.60. The van der Waals surface area contributed by atoms with E-state index >= 15 is 0 Å². The van der Waals surface area contributed by atoms with Crippen LogP contribution >= 0.6 is 0 Å². The molecular formula is C13H16N4O4. The molecule has 0 spiro atoms. The smallest absolute Gasteiger partial charge is 0.299 e. The Morgan fingerprint density at radius 2 is 1.86 bits per heavy atom. The molecule has 3 aliphatic rings. The highest BCUT2D eigenvalue weighted by Gasteiger charge is 2.35. The number of nitrogens with zero attached hydrogens (tertiary/aromatic N) is 3. The van der Waals surface area contributed by atoms with Crippen LogP contribution in [0.5, 0.6) is 0 Å². The molecule has 8 heteroatoms. The lowest BCUT2D eigenvalue weighted by atomic mass is 9.84. The molecule has 3 fully saturated rings. The topological polar surface area (TPSA) is 102 Å². The van der Waals surface area contributed by atoms with E-state index in [2.05, 4.69) is 10.2 Å².